The zero-order chi connectivity index (χ0) is 17.9. The van der Waals surface area contributed by atoms with Gasteiger partial charge in [0.05, 0.1) is 11.8 Å². The Morgan fingerprint density at radius 2 is 1.83 bits per heavy atom. The number of phenolic OH excluding ortho intramolecular Hbond substituents is 1. The molecular weight excluding hydrogens is 333 g/mol. The van der Waals surface area contributed by atoms with E-state index in [0.717, 1.165) is 5.56 Å². The number of hydrogen-bond acceptors (Lipinski definition) is 4. The molecule has 0 radical (unpaired) electrons. The molecule has 2 atom stereocenters. The maximum atomic E-state index is 11.1. The number of aromatic hydroxyl groups is 1. The van der Waals surface area contributed by atoms with Crippen LogP contribution in [-0.4, -0.2) is 36.9 Å². The highest BCUT2D eigenvalue weighted by Crippen LogP contribution is 2.39. The molecule has 0 fully saturated rings. The van der Waals surface area contributed by atoms with Crippen LogP contribution in [0.2, 0.25) is 0 Å². The van der Waals surface area contributed by atoms with E-state index in [1.165, 1.54) is 12.2 Å². The van der Waals surface area contributed by atoms with Crippen molar-refractivity contribution in [3.8, 4) is 5.75 Å². The number of hydrogen-bond donors (Lipinski definition) is 5. The SMILES string of the molecule is CC(CC(O)C1=CC(O)=CCC1=NP(=O)(O)O)c1ccc(O)cc1. The first kappa shape index (κ1) is 18.4. The minimum atomic E-state index is -4.63. The maximum absolute atomic E-state index is 11.1. The Hall–Kier alpha value is -1.92. The smallest absolute Gasteiger partial charge is 0.448 e. The second kappa shape index (κ2) is 7.32. The Labute approximate surface area is 139 Å². The molecule has 7 nitrogen and oxygen atoms in total. The first-order valence-electron chi connectivity index (χ1n) is 7.38. The standard InChI is InChI=1S/C16H20NO6P/c1-10(11-2-4-12(18)5-3-11)8-16(20)14-9-13(19)6-7-15(14)17-24(21,22)23/h2-6,9-10,16,18-20H,7-8H2,1H3,(H2,21,22,23). The molecule has 5 N–H and O–H groups in total. The summed E-state index contributed by atoms with van der Waals surface area (Å²) >= 11 is 0. The van der Waals surface area contributed by atoms with Crippen LogP contribution in [0.4, 0.5) is 0 Å². The lowest BCUT2D eigenvalue weighted by atomic mass is 9.88. The molecule has 1 aliphatic carbocycles. The van der Waals surface area contributed by atoms with Gasteiger partial charge in [0.1, 0.15) is 11.5 Å². The van der Waals surface area contributed by atoms with Crippen LogP contribution in [0, 0.1) is 0 Å². The predicted molar refractivity (Wildman–Crippen MR) is 90.0 cm³/mol. The number of aliphatic hydroxyl groups excluding tert-OH is 2. The molecule has 0 aliphatic heterocycles. The number of allylic oxidation sites excluding steroid dienone is 2. The van der Waals surface area contributed by atoms with Crippen LogP contribution in [0.25, 0.3) is 0 Å². The van der Waals surface area contributed by atoms with Crippen LogP contribution in [0.5, 0.6) is 5.75 Å². The lowest BCUT2D eigenvalue weighted by Crippen LogP contribution is -2.22. The molecule has 8 heteroatoms. The molecule has 0 saturated carbocycles. The number of nitrogens with zero attached hydrogens (tertiary/aromatic N) is 1. The number of rotatable bonds is 5. The molecule has 0 bridgehead atoms. The van der Waals surface area contributed by atoms with E-state index in [9.17, 15) is 19.9 Å². The number of benzene rings is 1. The third kappa shape index (κ3) is 5.04. The van der Waals surface area contributed by atoms with Crippen molar-refractivity contribution >= 4 is 13.5 Å². The van der Waals surface area contributed by atoms with E-state index in [2.05, 4.69) is 4.76 Å². The quantitative estimate of drug-likeness (QED) is 0.517. The molecule has 0 aromatic heterocycles. The van der Waals surface area contributed by atoms with Crippen molar-refractivity contribution in [2.45, 2.75) is 31.8 Å². The average molecular weight is 353 g/mol. The van der Waals surface area contributed by atoms with Gasteiger partial charge in [-0.3, -0.25) is 0 Å². The molecule has 2 unspecified atom stereocenters. The van der Waals surface area contributed by atoms with Crippen LogP contribution in [0.3, 0.4) is 0 Å². The molecule has 2 rings (SSSR count). The monoisotopic (exact) mass is 353 g/mol. The summed E-state index contributed by atoms with van der Waals surface area (Å²) in [5, 5.41) is 29.4. The van der Waals surface area contributed by atoms with Gasteiger partial charge in [0.25, 0.3) is 0 Å². The highest BCUT2D eigenvalue weighted by molar-refractivity contribution is 7.50. The van der Waals surface area contributed by atoms with E-state index in [-0.39, 0.29) is 41.6 Å². The van der Waals surface area contributed by atoms with E-state index < -0.39 is 13.9 Å². The Kier molecular flexibility index (Phi) is 5.62. The fraction of sp³-hybridized carbons (Fsp3) is 0.312. The van der Waals surface area contributed by atoms with Crippen LogP contribution >= 0.6 is 7.75 Å². The van der Waals surface area contributed by atoms with E-state index in [1.807, 2.05) is 6.92 Å². The molecule has 1 aliphatic rings. The number of phenols is 1. The lowest BCUT2D eigenvalue weighted by molar-refractivity contribution is 0.197. The highest BCUT2D eigenvalue weighted by atomic mass is 31.2. The minimum Gasteiger partial charge on any atom is -0.508 e. The Bertz CT molecular complexity index is 731. The van der Waals surface area contributed by atoms with Gasteiger partial charge in [0.2, 0.25) is 0 Å². The Morgan fingerprint density at radius 3 is 2.42 bits per heavy atom. The maximum Gasteiger partial charge on any atom is 0.448 e. The summed E-state index contributed by atoms with van der Waals surface area (Å²) in [5.74, 6) is -0.00975. The van der Waals surface area contributed by atoms with Gasteiger partial charge in [0.15, 0.2) is 0 Å². The van der Waals surface area contributed by atoms with Crippen molar-refractivity contribution in [1.29, 1.82) is 0 Å². The fourth-order valence-corrected chi connectivity index (χ4v) is 3.08. The normalized spacial score (nSPS) is 19.6. The van der Waals surface area contributed by atoms with Gasteiger partial charge in [-0.05, 0) is 42.2 Å². The van der Waals surface area contributed by atoms with Crippen molar-refractivity contribution in [2.24, 2.45) is 4.76 Å². The first-order valence-corrected chi connectivity index (χ1v) is 8.95. The van der Waals surface area contributed by atoms with Crippen LogP contribution < -0.4 is 0 Å². The number of aliphatic hydroxyl groups is 2. The van der Waals surface area contributed by atoms with E-state index in [1.54, 1.807) is 24.3 Å². The largest absolute Gasteiger partial charge is 0.508 e. The van der Waals surface area contributed by atoms with Crippen molar-refractivity contribution in [3.05, 3.63) is 53.3 Å². The zero-order valence-corrected chi connectivity index (χ0v) is 14.0. The zero-order valence-electron chi connectivity index (χ0n) is 13.1. The van der Waals surface area contributed by atoms with Crippen molar-refractivity contribution in [2.75, 3.05) is 0 Å². The second-order valence-electron chi connectivity index (χ2n) is 5.74. The summed E-state index contributed by atoms with van der Waals surface area (Å²) in [6.45, 7) is 1.88. The molecule has 1 aromatic rings. The summed E-state index contributed by atoms with van der Waals surface area (Å²) in [6.07, 6.45) is 1.90. The van der Waals surface area contributed by atoms with E-state index >= 15 is 0 Å². The average Bonchev–Trinajstić information content (AvgIpc) is 2.48. The molecule has 0 saturated heterocycles. The summed E-state index contributed by atoms with van der Waals surface area (Å²) < 4.78 is 14.5. The minimum absolute atomic E-state index is 0.0351. The van der Waals surface area contributed by atoms with Gasteiger partial charge in [-0.2, -0.15) is 4.76 Å². The van der Waals surface area contributed by atoms with Gasteiger partial charge in [-0.15, -0.1) is 0 Å². The lowest BCUT2D eigenvalue weighted by Gasteiger charge is -2.22. The van der Waals surface area contributed by atoms with Gasteiger partial charge in [-0.1, -0.05) is 19.1 Å². The topological polar surface area (TPSA) is 131 Å². The van der Waals surface area contributed by atoms with Gasteiger partial charge < -0.3 is 25.1 Å². The summed E-state index contributed by atoms with van der Waals surface area (Å²) in [4.78, 5) is 18.1. The van der Waals surface area contributed by atoms with Crippen molar-refractivity contribution in [3.63, 3.8) is 0 Å². The van der Waals surface area contributed by atoms with Crippen LogP contribution in [0.1, 0.15) is 31.2 Å². The molecule has 24 heavy (non-hydrogen) atoms. The highest BCUT2D eigenvalue weighted by Gasteiger charge is 2.25. The third-order valence-electron chi connectivity index (χ3n) is 3.79. The van der Waals surface area contributed by atoms with Crippen LogP contribution in [0.15, 0.2) is 52.5 Å². The Balaban J connectivity index is 2.20. The first-order chi connectivity index (χ1) is 11.2. The van der Waals surface area contributed by atoms with Crippen molar-refractivity contribution in [1.82, 2.24) is 0 Å². The molecular formula is C16H20NO6P. The van der Waals surface area contributed by atoms with E-state index in [0.29, 0.717) is 0 Å². The van der Waals surface area contributed by atoms with Crippen LogP contribution in [-0.2, 0) is 4.57 Å². The van der Waals surface area contributed by atoms with Crippen molar-refractivity contribution < 1.29 is 29.7 Å². The van der Waals surface area contributed by atoms with Gasteiger partial charge in [-0.25, -0.2) is 4.57 Å². The second-order valence-corrected chi connectivity index (χ2v) is 6.96. The summed E-state index contributed by atoms with van der Waals surface area (Å²) in [6, 6.07) is 6.58. The predicted octanol–water partition coefficient (Wildman–Crippen LogP) is 2.55. The molecule has 0 amide bonds. The molecule has 0 spiro atoms. The molecule has 0 heterocycles. The summed E-state index contributed by atoms with van der Waals surface area (Å²) in [7, 11) is -4.63. The molecule has 130 valence electrons. The van der Waals surface area contributed by atoms with Gasteiger partial charge in [0, 0.05) is 12.0 Å². The summed E-state index contributed by atoms with van der Waals surface area (Å²) in [5.41, 5.74) is 1.16. The molecule has 1 aromatic carbocycles. The Morgan fingerprint density at radius 1 is 1.21 bits per heavy atom. The fourth-order valence-electron chi connectivity index (χ4n) is 2.57. The van der Waals surface area contributed by atoms with E-state index in [4.69, 9.17) is 9.79 Å². The third-order valence-corrected chi connectivity index (χ3v) is 4.29. The van der Waals surface area contributed by atoms with Gasteiger partial charge >= 0.3 is 7.75 Å².